The number of aromatic nitrogens is 3. The molecule has 0 unspecified atom stereocenters. The number of anilines is 4. The van der Waals surface area contributed by atoms with Crippen LogP contribution < -0.4 is 15.4 Å². The second kappa shape index (κ2) is 7.79. The van der Waals surface area contributed by atoms with E-state index in [2.05, 4.69) is 25.8 Å². The van der Waals surface area contributed by atoms with Crippen molar-refractivity contribution in [1.29, 1.82) is 0 Å². The molecule has 140 valence electrons. The van der Waals surface area contributed by atoms with E-state index >= 15 is 0 Å². The summed E-state index contributed by atoms with van der Waals surface area (Å²) >= 11 is 0. The molecule has 0 aliphatic rings. The Bertz CT molecular complexity index is 1080. The van der Waals surface area contributed by atoms with Gasteiger partial charge in [0.05, 0.1) is 18.5 Å². The smallest absolute Gasteiger partial charge is 0.231 e. The van der Waals surface area contributed by atoms with Gasteiger partial charge in [-0.2, -0.15) is 4.98 Å². The van der Waals surface area contributed by atoms with E-state index in [1.165, 1.54) is 0 Å². The van der Waals surface area contributed by atoms with E-state index in [0.717, 1.165) is 22.7 Å². The predicted molar refractivity (Wildman–Crippen MR) is 108 cm³/mol. The van der Waals surface area contributed by atoms with Crippen LogP contribution in [0.4, 0.5) is 23.3 Å². The summed E-state index contributed by atoms with van der Waals surface area (Å²) in [4.78, 5) is 9.18. The third-order valence-electron chi connectivity index (χ3n) is 4.03. The molecule has 0 radical (unpaired) electrons. The van der Waals surface area contributed by atoms with Gasteiger partial charge in [-0.1, -0.05) is 47.6 Å². The van der Waals surface area contributed by atoms with Gasteiger partial charge in [0, 0.05) is 17.7 Å². The Morgan fingerprint density at radius 3 is 2.39 bits per heavy atom. The molecule has 2 N–H and O–H groups in total. The van der Waals surface area contributed by atoms with Crippen molar-refractivity contribution in [3.8, 4) is 17.0 Å². The minimum Gasteiger partial charge on any atom is -0.495 e. The summed E-state index contributed by atoms with van der Waals surface area (Å²) in [7, 11) is 1.63. The molecule has 0 saturated heterocycles. The van der Waals surface area contributed by atoms with Crippen molar-refractivity contribution in [2.24, 2.45) is 0 Å². The zero-order valence-electron chi connectivity index (χ0n) is 15.5. The van der Waals surface area contributed by atoms with E-state index in [4.69, 9.17) is 9.26 Å². The number of methoxy groups -OCH3 is 1. The van der Waals surface area contributed by atoms with Gasteiger partial charge in [-0.15, -0.1) is 0 Å². The van der Waals surface area contributed by atoms with E-state index in [1.54, 1.807) is 13.2 Å². The van der Waals surface area contributed by atoms with Crippen LogP contribution in [0.25, 0.3) is 11.3 Å². The van der Waals surface area contributed by atoms with Gasteiger partial charge in [-0.25, -0.2) is 4.98 Å². The molecule has 0 amide bonds. The van der Waals surface area contributed by atoms with E-state index in [-0.39, 0.29) is 0 Å². The number of ether oxygens (including phenoxy) is 1. The van der Waals surface area contributed by atoms with Crippen molar-refractivity contribution in [2.75, 3.05) is 17.7 Å². The van der Waals surface area contributed by atoms with Crippen LogP contribution in [0.3, 0.4) is 0 Å². The van der Waals surface area contributed by atoms with Crippen molar-refractivity contribution in [3.05, 3.63) is 72.5 Å². The summed E-state index contributed by atoms with van der Waals surface area (Å²) in [6.45, 7) is 1.83. The summed E-state index contributed by atoms with van der Waals surface area (Å²) in [5.41, 5.74) is 2.56. The Morgan fingerprint density at radius 1 is 0.857 bits per heavy atom. The van der Waals surface area contributed by atoms with Crippen LogP contribution in [0.1, 0.15) is 5.76 Å². The number of hydrogen-bond acceptors (Lipinski definition) is 7. The molecule has 0 fully saturated rings. The van der Waals surface area contributed by atoms with Gasteiger partial charge in [-0.05, 0) is 19.1 Å². The fourth-order valence-corrected chi connectivity index (χ4v) is 2.75. The number of rotatable bonds is 6. The molecular weight excluding hydrogens is 354 g/mol. The maximum Gasteiger partial charge on any atom is 0.231 e. The number of aryl methyl sites for hydroxylation is 1. The fourth-order valence-electron chi connectivity index (χ4n) is 2.75. The molecule has 0 aliphatic heterocycles. The summed E-state index contributed by atoms with van der Waals surface area (Å²) in [6.07, 6.45) is 0. The molecule has 7 heteroatoms. The molecule has 0 spiro atoms. The molecular formula is C21H19N5O2. The second-order valence-corrected chi connectivity index (χ2v) is 6.10. The average Bonchev–Trinajstić information content (AvgIpc) is 3.13. The zero-order chi connectivity index (χ0) is 19.3. The first-order chi connectivity index (χ1) is 13.7. The topological polar surface area (TPSA) is 85.1 Å². The van der Waals surface area contributed by atoms with Crippen molar-refractivity contribution >= 4 is 23.3 Å². The monoisotopic (exact) mass is 373 g/mol. The average molecular weight is 373 g/mol. The number of para-hydroxylation sites is 2. The first-order valence-corrected chi connectivity index (χ1v) is 8.76. The zero-order valence-corrected chi connectivity index (χ0v) is 15.5. The first-order valence-electron chi connectivity index (χ1n) is 8.76. The minimum absolute atomic E-state index is 0.409. The van der Waals surface area contributed by atoms with Gasteiger partial charge in [0.25, 0.3) is 0 Å². The van der Waals surface area contributed by atoms with Crippen molar-refractivity contribution < 1.29 is 9.26 Å². The van der Waals surface area contributed by atoms with E-state index in [9.17, 15) is 0 Å². The highest BCUT2D eigenvalue weighted by molar-refractivity contribution is 5.70. The van der Waals surface area contributed by atoms with Gasteiger partial charge < -0.3 is 19.9 Å². The highest BCUT2D eigenvalue weighted by Crippen LogP contribution is 2.29. The number of nitrogens with one attached hydrogen (secondary N) is 2. The SMILES string of the molecule is COc1ccccc1Nc1cc(-c2ccccc2)nc(Nc2cc(C)on2)n1. The van der Waals surface area contributed by atoms with Gasteiger partial charge in [-0.3, -0.25) is 0 Å². The Kier molecular flexibility index (Phi) is 4.88. The number of nitrogens with zero attached hydrogens (tertiary/aromatic N) is 3. The standard InChI is InChI=1S/C21H19N5O2/c1-14-12-20(26-28-14)25-21-23-17(15-8-4-3-5-9-15)13-19(24-21)22-16-10-6-7-11-18(16)27-2/h3-13H,1-2H3,(H2,22,23,24,25,26). The molecule has 2 aromatic heterocycles. The maximum absolute atomic E-state index is 5.42. The molecule has 0 bridgehead atoms. The van der Waals surface area contributed by atoms with Crippen molar-refractivity contribution in [2.45, 2.75) is 6.92 Å². The fraction of sp³-hybridized carbons (Fsp3) is 0.0952. The lowest BCUT2D eigenvalue weighted by molar-refractivity contribution is 0.400. The highest BCUT2D eigenvalue weighted by atomic mass is 16.5. The third-order valence-corrected chi connectivity index (χ3v) is 4.03. The van der Waals surface area contributed by atoms with Gasteiger partial charge >= 0.3 is 0 Å². The van der Waals surface area contributed by atoms with Gasteiger partial charge in [0.1, 0.15) is 17.3 Å². The molecule has 2 aromatic carbocycles. The van der Waals surface area contributed by atoms with E-state index < -0.39 is 0 Å². The quantitative estimate of drug-likeness (QED) is 0.495. The Morgan fingerprint density at radius 2 is 1.64 bits per heavy atom. The lowest BCUT2D eigenvalue weighted by atomic mass is 10.1. The molecule has 0 atom stereocenters. The normalized spacial score (nSPS) is 10.5. The highest BCUT2D eigenvalue weighted by Gasteiger charge is 2.11. The van der Waals surface area contributed by atoms with Crippen LogP contribution in [-0.2, 0) is 0 Å². The molecule has 7 nitrogen and oxygen atoms in total. The lowest BCUT2D eigenvalue weighted by Gasteiger charge is -2.12. The second-order valence-electron chi connectivity index (χ2n) is 6.10. The molecule has 28 heavy (non-hydrogen) atoms. The molecule has 4 aromatic rings. The number of benzene rings is 2. The van der Waals surface area contributed by atoms with Crippen LogP contribution in [0.15, 0.2) is 71.3 Å². The van der Waals surface area contributed by atoms with E-state index in [0.29, 0.717) is 23.3 Å². The van der Waals surface area contributed by atoms with E-state index in [1.807, 2.05) is 67.6 Å². The molecule has 0 aliphatic carbocycles. The predicted octanol–water partition coefficient (Wildman–Crippen LogP) is 4.94. The van der Waals surface area contributed by atoms with Crippen LogP contribution in [0.2, 0.25) is 0 Å². The Hall–Kier alpha value is -3.87. The summed E-state index contributed by atoms with van der Waals surface area (Å²) in [5, 5.41) is 10.3. The van der Waals surface area contributed by atoms with Crippen molar-refractivity contribution in [1.82, 2.24) is 15.1 Å². The number of hydrogen-bond donors (Lipinski definition) is 2. The van der Waals surface area contributed by atoms with Crippen LogP contribution >= 0.6 is 0 Å². The van der Waals surface area contributed by atoms with Crippen molar-refractivity contribution in [3.63, 3.8) is 0 Å². The summed E-state index contributed by atoms with van der Waals surface area (Å²) in [6, 6.07) is 21.2. The molecule has 2 heterocycles. The lowest BCUT2D eigenvalue weighted by Crippen LogP contribution is -2.03. The molecule has 0 saturated carbocycles. The summed E-state index contributed by atoms with van der Waals surface area (Å²) < 4.78 is 10.5. The van der Waals surface area contributed by atoms with Crippen LogP contribution in [-0.4, -0.2) is 22.2 Å². The maximum atomic E-state index is 5.42. The van der Waals surface area contributed by atoms with Gasteiger partial charge in [0.2, 0.25) is 5.95 Å². The Balaban J connectivity index is 1.73. The first kappa shape index (κ1) is 17.5. The minimum atomic E-state index is 0.409. The summed E-state index contributed by atoms with van der Waals surface area (Å²) in [5.74, 6) is 3.01. The largest absolute Gasteiger partial charge is 0.495 e. The third kappa shape index (κ3) is 3.93. The molecule has 4 rings (SSSR count). The van der Waals surface area contributed by atoms with Gasteiger partial charge in [0.15, 0.2) is 5.82 Å². The van der Waals surface area contributed by atoms with Crippen LogP contribution in [0.5, 0.6) is 5.75 Å². The Labute approximate surface area is 162 Å². The van der Waals surface area contributed by atoms with Crippen LogP contribution in [0, 0.1) is 6.92 Å².